The van der Waals surface area contributed by atoms with Crippen LogP contribution in [0.1, 0.15) is 23.2 Å². The minimum atomic E-state index is -0.395. The van der Waals surface area contributed by atoms with E-state index >= 15 is 0 Å². The zero-order valence-corrected chi connectivity index (χ0v) is 21.5. The van der Waals surface area contributed by atoms with Gasteiger partial charge < -0.3 is 24.2 Å². The number of halogens is 1. The number of carbonyl (C=O) groups is 2. The van der Waals surface area contributed by atoms with Crippen molar-refractivity contribution in [3.8, 4) is 22.8 Å². The molecule has 1 aliphatic heterocycles. The predicted octanol–water partition coefficient (Wildman–Crippen LogP) is 3.25. The number of amides is 2. The van der Waals surface area contributed by atoms with Crippen molar-refractivity contribution in [2.45, 2.75) is 18.9 Å². The molecule has 1 aliphatic carbocycles. The fraction of sp³-hybridized carbons (Fsp3) is 0.357. The van der Waals surface area contributed by atoms with E-state index in [0.29, 0.717) is 48.9 Å². The van der Waals surface area contributed by atoms with E-state index in [1.807, 2.05) is 24.3 Å². The van der Waals surface area contributed by atoms with Gasteiger partial charge in [-0.25, -0.2) is 4.39 Å². The second-order valence-electron chi connectivity index (χ2n) is 9.38. The number of piperazine rings is 1. The molecule has 2 fully saturated rings. The van der Waals surface area contributed by atoms with Gasteiger partial charge in [-0.2, -0.15) is 0 Å². The summed E-state index contributed by atoms with van der Waals surface area (Å²) in [7, 11) is 3.20. The van der Waals surface area contributed by atoms with Crippen molar-refractivity contribution in [2.75, 3.05) is 51.8 Å². The second-order valence-corrected chi connectivity index (χ2v) is 9.38. The molecule has 2 aromatic carbocycles. The Kier molecular flexibility index (Phi) is 7.39. The number of benzene rings is 2. The van der Waals surface area contributed by atoms with E-state index in [1.165, 1.54) is 24.3 Å². The maximum Gasteiger partial charge on any atom is 0.254 e. The van der Waals surface area contributed by atoms with E-state index in [1.54, 1.807) is 30.1 Å². The zero-order valence-electron chi connectivity index (χ0n) is 21.5. The summed E-state index contributed by atoms with van der Waals surface area (Å²) in [6.07, 6.45) is 1.76. The van der Waals surface area contributed by atoms with Crippen LogP contribution in [-0.2, 0) is 4.79 Å². The van der Waals surface area contributed by atoms with Crippen molar-refractivity contribution in [3.05, 3.63) is 66.0 Å². The molecule has 0 atom stereocenters. The molecule has 198 valence electrons. The first-order valence-electron chi connectivity index (χ1n) is 12.6. The summed E-state index contributed by atoms with van der Waals surface area (Å²) in [5.74, 6) is 1.37. The number of anilines is 1. The van der Waals surface area contributed by atoms with Crippen molar-refractivity contribution in [3.63, 3.8) is 0 Å². The van der Waals surface area contributed by atoms with Gasteiger partial charge in [0.15, 0.2) is 5.82 Å². The first-order valence-corrected chi connectivity index (χ1v) is 12.6. The summed E-state index contributed by atoms with van der Waals surface area (Å²) in [5.41, 5.74) is 1.90. The molecule has 5 rings (SSSR count). The van der Waals surface area contributed by atoms with Gasteiger partial charge in [0.1, 0.15) is 23.9 Å². The van der Waals surface area contributed by atoms with Gasteiger partial charge in [-0.3, -0.25) is 9.59 Å². The minimum Gasteiger partial charge on any atom is -0.497 e. The van der Waals surface area contributed by atoms with Crippen LogP contribution >= 0.6 is 0 Å². The van der Waals surface area contributed by atoms with Gasteiger partial charge in [0.05, 0.1) is 19.9 Å². The summed E-state index contributed by atoms with van der Waals surface area (Å²) >= 11 is 0. The first kappa shape index (κ1) is 25.4. The molecule has 2 aliphatic rings. The highest BCUT2D eigenvalue weighted by molar-refractivity contribution is 5.97. The predicted molar refractivity (Wildman–Crippen MR) is 140 cm³/mol. The van der Waals surface area contributed by atoms with E-state index in [2.05, 4.69) is 15.1 Å². The van der Waals surface area contributed by atoms with Crippen molar-refractivity contribution in [1.29, 1.82) is 0 Å². The Morgan fingerprint density at radius 2 is 1.68 bits per heavy atom. The van der Waals surface area contributed by atoms with Gasteiger partial charge in [0.2, 0.25) is 5.91 Å². The Labute approximate surface area is 220 Å². The van der Waals surface area contributed by atoms with Gasteiger partial charge >= 0.3 is 0 Å². The van der Waals surface area contributed by atoms with E-state index in [-0.39, 0.29) is 24.4 Å². The number of aromatic nitrogens is 2. The van der Waals surface area contributed by atoms with Crippen LogP contribution in [0, 0.1) is 5.82 Å². The summed E-state index contributed by atoms with van der Waals surface area (Å²) in [6.45, 7) is 2.30. The molecule has 0 spiro atoms. The number of hydrogen-bond acceptors (Lipinski definition) is 7. The SMILES string of the molecule is COc1ccc(-c2ccc(N3CCN(C(=O)CN(C(=O)c4ccc(F)cc4)C4CC4)CC3)nn2)c(OC)c1. The Morgan fingerprint density at radius 3 is 2.29 bits per heavy atom. The number of methoxy groups -OCH3 is 2. The van der Waals surface area contributed by atoms with Crippen LogP contribution in [0.15, 0.2) is 54.6 Å². The molecule has 1 saturated heterocycles. The molecular formula is C28H30FN5O4. The largest absolute Gasteiger partial charge is 0.497 e. The smallest absolute Gasteiger partial charge is 0.254 e. The monoisotopic (exact) mass is 519 g/mol. The molecule has 0 radical (unpaired) electrons. The van der Waals surface area contributed by atoms with E-state index in [4.69, 9.17) is 9.47 Å². The summed E-state index contributed by atoms with van der Waals surface area (Å²) < 4.78 is 24.0. The van der Waals surface area contributed by atoms with E-state index in [9.17, 15) is 14.0 Å². The molecule has 38 heavy (non-hydrogen) atoms. The maximum atomic E-state index is 13.3. The van der Waals surface area contributed by atoms with Crippen molar-refractivity contribution in [2.24, 2.45) is 0 Å². The molecule has 10 heteroatoms. The van der Waals surface area contributed by atoms with Gasteiger partial charge in [0.25, 0.3) is 5.91 Å². The Hall–Kier alpha value is -4.21. The molecule has 2 amide bonds. The lowest BCUT2D eigenvalue weighted by Gasteiger charge is -2.36. The maximum absolute atomic E-state index is 13.3. The van der Waals surface area contributed by atoms with Crippen LogP contribution < -0.4 is 14.4 Å². The average molecular weight is 520 g/mol. The fourth-order valence-electron chi connectivity index (χ4n) is 4.59. The van der Waals surface area contributed by atoms with Gasteiger partial charge in [-0.1, -0.05) is 0 Å². The third kappa shape index (κ3) is 5.53. The lowest BCUT2D eigenvalue weighted by molar-refractivity contribution is -0.132. The molecule has 3 aromatic rings. The number of carbonyl (C=O) groups excluding carboxylic acids is 2. The van der Waals surface area contributed by atoms with Crippen LogP contribution in [0.3, 0.4) is 0 Å². The van der Waals surface area contributed by atoms with Crippen LogP contribution in [0.25, 0.3) is 11.3 Å². The lowest BCUT2D eigenvalue weighted by atomic mass is 10.1. The summed E-state index contributed by atoms with van der Waals surface area (Å²) in [5, 5.41) is 8.82. The van der Waals surface area contributed by atoms with Gasteiger partial charge in [0, 0.05) is 49.4 Å². The van der Waals surface area contributed by atoms with Crippen molar-refractivity contribution < 1.29 is 23.5 Å². The van der Waals surface area contributed by atoms with Gasteiger partial charge in [-0.15, -0.1) is 10.2 Å². The zero-order chi connectivity index (χ0) is 26.6. The molecule has 1 saturated carbocycles. The van der Waals surface area contributed by atoms with Crippen LogP contribution in [0.4, 0.5) is 10.2 Å². The van der Waals surface area contributed by atoms with Crippen LogP contribution in [0.5, 0.6) is 11.5 Å². The third-order valence-corrected chi connectivity index (χ3v) is 6.94. The molecule has 0 N–H and O–H groups in total. The Morgan fingerprint density at radius 1 is 0.947 bits per heavy atom. The molecule has 9 nitrogen and oxygen atoms in total. The van der Waals surface area contributed by atoms with Crippen LogP contribution in [0.2, 0.25) is 0 Å². The highest BCUT2D eigenvalue weighted by atomic mass is 19.1. The summed E-state index contributed by atoms with van der Waals surface area (Å²) in [6, 6.07) is 14.9. The standard InChI is InChI=1S/C28H30FN5O4/c1-37-22-9-10-23(25(17-22)38-2)24-11-12-26(31-30-24)32-13-15-33(16-14-32)27(35)18-34(21-7-8-21)28(36)19-3-5-20(29)6-4-19/h3-6,9-12,17,21H,7-8,13-16,18H2,1-2H3. The average Bonchev–Trinajstić information content (AvgIpc) is 3.81. The molecule has 1 aromatic heterocycles. The third-order valence-electron chi connectivity index (χ3n) is 6.94. The first-order chi connectivity index (χ1) is 18.5. The van der Waals surface area contributed by atoms with Gasteiger partial charge in [-0.05, 0) is 61.4 Å². The molecule has 0 unspecified atom stereocenters. The van der Waals surface area contributed by atoms with E-state index in [0.717, 1.165) is 24.2 Å². The molecule has 2 heterocycles. The van der Waals surface area contributed by atoms with Crippen molar-refractivity contribution in [1.82, 2.24) is 20.0 Å². The Bertz CT molecular complexity index is 1290. The number of rotatable bonds is 8. The molecule has 0 bridgehead atoms. The van der Waals surface area contributed by atoms with Crippen LogP contribution in [-0.4, -0.2) is 84.8 Å². The number of hydrogen-bond donors (Lipinski definition) is 0. The summed E-state index contributed by atoms with van der Waals surface area (Å²) in [4.78, 5) is 31.6. The topological polar surface area (TPSA) is 88.1 Å². The minimum absolute atomic E-state index is 0.0269. The number of ether oxygens (including phenoxy) is 2. The quantitative estimate of drug-likeness (QED) is 0.452. The highest BCUT2D eigenvalue weighted by Crippen LogP contribution is 2.32. The fourth-order valence-corrected chi connectivity index (χ4v) is 4.59. The lowest BCUT2D eigenvalue weighted by Crippen LogP contribution is -2.52. The normalized spacial score (nSPS) is 15.2. The highest BCUT2D eigenvalue weighted by Gasteiger charge is 2.35. The molecular weight excluding hydrogens is 489 g/mol. The van der Waals surface area contributed by atoms with E-state index < -0.39 is 5.82 Å². The Balaban J connectivity index is 1.19. The van der Waals surface area contributed by atoms with Crippen molar-refractivity contribution >= 4 is 17.6 Å². The second kappa shape index (κ2) is 11.0. The number of nitrogens with zero attached hydrogens (tertiary/aromatic N) is 5.